The highest BCUT2D eigenvalue weighted by Crippen LogP contribution is 2.36. The van der Waals surface area contributed by atoms with E-state index in [1.165, 1.54) is 16.9 Å². The smallest absolute Gasteiger partial charge is 0.264 e. The van der Waals surface area contributed by atoms with Gasteiger partial charge in [0.1, 0.15) is 4.83 Å². The molecular formula is C19H18N4OS2. The lowest BCUT2D eigenvalue weighted by molar-refractivity contribution is 0.698. The van der Waals surface area contributed by atoms with Crippen LogP contribution >= 0.6 is 23.1 Å². The summed E-state index contributed by atoms with van der Waals surface area (Å²) in [5.74, 6) is 0.634. The summed E-state index contributed by atoms with van der Waals surface area (Å²) in [6.07, 6.45) is 6.44. The molecule has 1 aliphatic carbocycles. The van der Waals surface area contributed by atoms with E-state index in [-0.39, 0.29) is 5.56 Å². The fraction of sp³-hybridized carbons (Fsp3) is 0.316. The number of benzene rings is 1. The maximum atomic E-state index is 13.5. The largest absolute Gasteiger partial charge is 0.272 e. The highest BCUT2D eigenvalue weighted by molar-refractivity contribution is 7.98. The number of nitrogens with zero attached hydrogens (tertiary/aromatic N) is 4. The lowest BCUT2D eigenvalue weighted by Gasteiger charge is -2.12. The second-order valence-corrected chi connectivity index (χ2v) is 8.45. The van der Waals surface area contributed by atoms with E-state index in [0.29, 0.717) is 12.3 Å². The van der Waals surface area contributed by atoms with Crippen LogP contribution in [0.3, 0.4) is 0 Å². The number of aromatic nitrogens is 4. The Hall–Kier alpha value is -2.12. The van der Waals surface area contributed by atoms with Gasteiger partial charge in [0.05, 0.1) is 11.9 Å². The van der Waals surface area contributed by atoms with Crippen LogP contribution in [0, 0.1) is 0 Å². The molecular weight excluding hydrogens is 364 g/mol. The van der Waals surface area contributed by atoms with Crippen molar-refractivity contribution in [1.82, 2.24) is 19.2 Å². The van der Waals surface area contributed by atoms with Gasteiger partial charge in [0.25, 0.3) is 5.56 Å². The molecule has 0 radical (unpaired) electrons. The van der Waals surface area contributed by atoms with Gasteiger partial charge >= 0.3 is 0 Å². The van der Waals surface area contributed by atoms with Crippen molar-refractivity contribution in [2.24, 2.45) is 0 Å². The van der Waals surface area contributed by atoms with E-state index in [9.17, 15) is 4.79 Å². The summed E-state index contributed by atoms with van der Waals surface area (Å²) in [5, 5.41) is 10.4. The average Bonchev–Trinajstić information content (AvgIpc) is 3.27. The second kappa shape index (κ2) is 6.25. The van der Waals surface area contributed by atoms with Crippen LogP contribution in [0.15, 0.2) is 40.3 Å². The molecule has 0 aliphatic heterocycles. The average molecular weight is 383 g/mol. The number of hydrogen-bond donors (Lipinski definition) is 0. The molecule has 0 N–H and O–H groups in total. The molecule has 3 aromatic heterocycles. The van der Waals surface area contributed by atoms with Crippen molar-refractivity contribution in [1.29, 1.82) is 0 Å². The van der Waals surface area contributed by atoms with Crippen LogP contribution < -0.4 is 5.56 Å². The number of thioether (sulfide) groups is 1. The second-order valence-electron chi connectivity index (χ2n) is 6.59. The molecule has 0 unspecified atom stereocenters. The molecule has 0 atom stereocenters. The zero-order valence-electron chi connectivity index (χ0n) is 14.4. The van der Waals surface area contributed by atoms with Crippen LogP contribution in [-0.4, -0.2) is 25.4 Å². The Kier molecular flexibility index (Phi) is 3.86. The number of aryl methyl sites for hydroxylation is 2. The Balaban J connectivity index is 1.87. The Morgan fingerprint density at radius 3 is 2.77 bits per heavy atom. The van der Waals surface area contributed by atoms with Crippen molar-refractivity contribution >= 4 is 39.1 Å². The predicted molar refractivity (Wildman–Crippen MR) is 107 cm³/mol. The van der Waals surface area contributed by atoms with Crippen LogP contribution in [0.2, 0.25) is 0 Å². The van der Waals surface area contributed by atoms with Crippen LogP contribution in [0.1, 0.15) is 28.8 Å². The Bertz CT molecular complexity index is 1170. The minimum absolute atomic E-state index is 0.0656. The molecule has 0 amide bonds. The third-order valence-corrected chi connectivity index (χ3v) is 6.94. The normalized spacial score (nSPS) is 14.2. The molecule has 0 bridgehead atoms. The van der Waals surface area contributed by atoms with Gasteiger partial charge in [0, 0.05) is 4.88 Å². The van der Waals surface area contributed by atoms with E-state index in [0.717, 1.165) is 40.2 Å². The van der Waals surface area contributed by atoms with Crippen LogP contribution in [0.5, 0.6) is 0 Å². The molecule has 0 spiro atoms. The minimum atomic E-state index is 0.0656. The first-order chi connectivity index (χ1) is 12.8. The fourth-order valence-corrected chi connectivity index (χ4v) is 5.73. The van der Waals surface area contributed by atoms with E-state index in [1.807, 2.05) is 36.6 Å². The number of hydrogen-bond acceptors (Lipinski definition) is 5. The van der Waals surface area contributed by atoms with Crippen molar-refractivity contribution in [2.75, 3.05) is 6.26 Å². The van der Waals surface area contributed by atoms with E-state index in [2.05, 4.69) is 14.6 Å². The topological polar surface area (TPSA) is 52.2 Å². The first-order valence-electron chi connectivity index (χ1n) is 8.78. The SMILES string of the molecule is CSc1nnc2n(Cc3ccccc3)c(=O)c3c4c(sc3n12)CCCC4. The summed E-state index contributed by atoms with van der Waals surface area (Å²) in [7, 11) is 0. The lowest BCUT2D eigenvalue weighted by Crippen LogP contribution is -2.24. The van der Waals surface area contributed by atoms with E-state index in [1.54, 1.807) is 27.7 Å². The van der Waals surface area contributed by atoms with Crippen molar-refractivity contribution in [2.45, 2.75) is 37.4 Å². The van der Waals surface area contributed by atoms with Gasteiger partial charge in [-0.3, -0.25) is 9.36 Å². The molecule has 26 heavy (non-hydrogen) atoms. The van der Waals surface area contributed by atoms with Crippen LogP contribution in [0.4, 0.5) is 0 Å². The highest BCUT2D eigenvalue weighted by Gasteiger charge is 2.24. The zero-order chi connectivity index (χ0) is 17.7. The Labute approximate surface area is 158 Å². The van der Waals surface area contributed by atoms with Crippen molar-refractivity contribution in [3.63, 3.8) is 0 Å². The fourth-order valence-electron chi connectivity index (χ4n) is 3.81. The van der Waals surface area contributed by atoms with Gasteiger partial charge in [-0.15, -0.1) is 21.5 Å². The molecule has 5 nitrogen and oxygen atoms in total. The van der Waals surface area contributed by atoms with Crippen LogP contribution in [-0.2, 0) is 19.4 Å². The molecule has 5 rings (SSSR count). The van der Waals surface area contributed by atoms with Crippen molar-refractivity contribution in [3.8, 4) is 0 Å². The standard InChI is InChI=1S/C19H18N4OS2/c1-25-19-21-20-18-22(11-12-7-3-2-4-8-12)16(24)15-13-9-5-6-10-14(13)26-17(15)23(18)19/h2-4,7-8H,5-6,9-11H2,1H3. The molecule has 4 aromatic rings. The molecule has 0 saturated heterocycles. The van der Waals surface area contributed by atoms with Crippen molar-refractivity contribution < 1.29 is 0 Å². The van der Waals surface area contributed by atoms with Gasteiger partial charge in [-0.2, -0.15) is 0 Å². The summed E-state index contributed by atoms with van der Waals surface area (Å²) in [5.41, 5.74) is 2.41. The summed E-state index contributed by atoms with van der Waals surface area (Å²) in [6.45, 7) is 0.510. The van der Waals surface area contributed by atoms with Gasteiger partial charge < -0.3 is 0 Å². The van der Waals surface area contributed by atoms with Gasteiger partial charge in [0.2, 0.25) is 5.78 Å². The molecule has 132 valence electrons. The summed E-state index contributed by atoms with van der Waals surface area (Å²) in [4.78, 5) is 15.8. The lowest BCUT2D eigenvalue weighted by atomic mass is 9.97. The van der Waals surface area contributed by atoms with Gasteiger partial charge in [-0.1, -0.05) is 42.1 Å². The maximum absolute atomic E-state index is 13.5. The van der Waals surface area contributed by atoms with Crippen molar-refractivity contribution in [3.05, 3.63) is 56.7 Å². The zero-order valence-corrected chi connectivity index (χ0v) is 16.1. The highest BCUT2D eigenvalue weighted by atomic mass is 32.2. The Morgan fingerprint density at radius 1 is 1.15 bits per heavy atom. The maximum Gasteiger partial charge on any atom is 0.264 e. The third-order valence-electron chi connectivity index (χ3n) is 5.04. The molecule has 1 aromatic carbocycles. The van der Waals surface area contributed by atoms with E-state index < -0.39 is 0 Å². The van der Waals surface area contributed by atoms with E-state index in [4.69, 9.17) is 0 Å². The molecule has 3 heterocycles. The van der Waals surface area contributed by atoms with Gasteiger partial charge in [-0.25, -0.2) is 4.40 Å². The minimum Gasteiger partial charge on any atom is -0.272 e. The van der Waals surface area contributed by atoms with Gasteiger partial charge in [-0.05, 0) is 43.1 Å². The van der Waals surface area contributed by atoms with E-state index >= 15 is 0 Å². The quantitative estimate of drug-likeness (QED) is 0.506. The molecule has 1 aliphatic rings. The first-order valence-corrected chi connectivity index (χ1v) is 10.8. The number of rotatable bonds is 3. The third kappa shape index (κ3) is 2.34. The molecule has 7 heteroatoms. The van der Waals surface area contributed by atoms with Crippen LogP contribution in [0.25, 0.3) is 16.0 Å². The molecule has 0 fully saturated rings. The summed E-state index contributed by atoms with van der Waals surface area (Å²) in [6, 6.07) is 10.1. The number of fused-ring (bicyclic) bond motifs is 5. The predicted octanol–water partition coefficient (Wildman–Crippen LogP) is 3.75. The monoisotopic (exact) mass is 382 g/mol. The molecule has 0 saturated carbocycles. The summed E-state index contributed by atoms with van der Waals surface area (Å²) < 4.78 is 3.86. The number of thiophene rings is 1. The first kappa shape index (κ1) is 16.1. The Morgan fingerprint density at radius 2 is 1.96 bits per heavy atom. The summed E-state index contributed by atoms with van der Waals surface area (Å²) >= 11 is 3.32. The van der Waals surface area contributed by atoms with Gasteiger partial charge in [0.15, 0.2) is 5.16 Å².